The van der Waals surface area contributed by atoms with E-state index in [0.717, 1.165) is 37.1 Å². The number of amides is 2. The molecule has 0 bridgehead atoms. The summed E-state index contributed by atoms with van der Waals surface area (Å²) in [6, 6.07) is 8.05. The highest BCUT2D eigenvalue weighted by molar-refractivity contribution is 5.94. The second kappa shape index (κ2) is 8.40. The summed E-state index contributed by atoms with van der Waals surface area (Å²) in [6.07, 6.45) is 1.75. The highest BCUT2D eigenvalue weighted by atomic mass is 16.5. The van der Waals surface area contributed by atoms with Crippen LogP contribution in [-0.4, -0.2) is 66.0 Å². The Balaban J connectivity index is 1.64. The number of nitrogens with one attached hydrogen (secondary N) is 1. The van der Waals surface area contributed by atoms with E-state index >= 15 is 0 Å². The van der Waals surface area contributed by atoms with Gasteiger partial charge in [0.25, 0.3) is 5.91 Å². The van der Waals surface area contributed by atoms with Gasteiger partial charge in [0.05, 0.1) is 12.1 Å². The van der Waals surface area contributed by atoms with Gasteiger partial charge in [-0.25, -0.2) is 0 Å². The van der Waals surface area contributed by atoms with Crippen molar-refractivity contribution in [2.45, 2.75) is 51.8 Å². The molecule has 1 N–H and O–H groups in total. The number of benzene rings is 1. The van der Waals surface area contributed by atoms with Gasteiger partial charge in [0.2, 0.25) is 5.91 Å². The molecule has 1 aromatic rings. The Labute approximate surface area is 161 Å². The molecule has 148 valence electrons. The first-order valence-electron chi connectivity index (χ1n) is 9.91. The Morgan fingerprint density at radius 1 is 1.33 bits per heavy atom. The molecule has 0 aromatic heterocycles. The summed E-state index contributed by atoms with van der Waals surface area (Å²) < 4.78 is 5.80. The van der Waals surface area contributed by atoms with E-state index in [1.54, 1.807) is 0 Å². The number of nitrogens with zero attached hydrogens (tertiary/aromatic N) is 2. The third kappa shape index (κ3) is 5.08. The van der Waals surface area contributed by atoms with Crippen molar-refractivity contribution in [3.63, 3.8) is 0 Å². The van der Waals surface area contributed by atoms with Crippen molar-refractivity contribution in [3.05, 3.63) is 35.4 Å². The fourth-order valence-electron chi connectivity index (χ4n) is 4.04. The number of ether oxygens (including phenoxy) is 1. The fourth-order valence-corrected chi connectivity index (χ4v) is 4.04. The highest BCUT2D eigenvalue weighted by Gasteiger charge is 2.34. The molecule has 6 heteroatoms. The molecule has 0 saturated carbocycles. The van der Waals surface area contributed by atoms with E-state index in [-0.39, 0.29) is 23.5 Å². The van der Waals surface area contributed by atoms with Crippen molar-refractivity contribution >= 4 is 11.8 Å². The Hall–Kier alpha value is -1.92. The normalized spacial score (nSPS) is 22.9. The second-order valence-electron chi connectivity index (χ2n) is 8.10. The molecule has 2 heterocycles. The van der Waals surface area contributed by atoms with Crippen molar-refractivity contribution in [2.24, 2.45) is 0 Å². The van der Waals surface area contributed by atoms with E-state index in [1.165, 1.54) is 0 Å². The van der Waals surface area contributed by atoms with Crippen LogP contribution in [0.15, 0.2) is 24.3 Å². The average molecular weight is 373 g/mol. The summed E-state index contributed by atoms with van der Waals surface area (Å²) in [5.41, 5.74) is 1.67. The van der Waals surface area contributed by atoms with Crippen LogP contribution in [0.2, 0.25) is 0 Å². The van der Waals surface area contributed by atoms with Crippen molar-refractivity contribution in [1.82, 2.24) is 15.1 Å². The van der Waals surface area contributed by atoms with Gasteiger partial charge in [-0.2, -0.15) is 0 Å². The Morgan fingerprint density at radius 2 is 2.07 bits per heavy atom. The summed E-state index contributed by atoms with van der Waals surface area (Å²) in [5, 5.41) is 2.84. The van der Waals surface area contributed by atoms with Crippen LogP contribution < -0.4 is 5.32 Å². The fraction of sp³-hybridized carbons (Fsp3) is 0.619. The van der Waals surface area contributed by atoms with E-state index in [0.29, 0.717) is 26.2 Å². The lowest BCUT2D eigenvalue weighted by Crippen LogP contribution is -2.48. The molecule has 27 heavy (non-hydrogen) atoms. The smallest absolute Gasteiger partial charge is 0.254 e. The Kier molecular flexibility index (Phi) is 6.17. The first-order valence-corrected chi connectivity index (χ1v) is 9.91. The molecule has 0 spiro atoms. The minimum absolute atomic E-state index is 0.0750. The van der Waals surface area contributed by atoms with Gasteiger partial charge in [0, 0.05) is 44.4 Å². The van der Waals surface area contributed by atoms with Gasteiger partial charge >= 0.3 is 0 Å². The van der Waals surface area contributed by atoms with Gasteiger partial charge in [0.15, 0.2) is 0 Å². The maximum Gasteiger partial charge on any atom is 0.254 e. The van der Waals surface area contributed by atoms with Crippen LogP contribution in [0.3, 0.4) is 0 Å². The number of carbonyl (C=O) groups excluding carboxylic acids is 2. The van der Waals surface area contributed by atoms with Gasteiger partial charge in [-0.15, -0.1) is 0 Å². The number of piperazine rings is 1. The molecule has 1 atom stereocenters. The molecule has 2 amide bonds. The minimum atomic E-state index is -0.179. The van der Waals surface area contributed by atoms with Crippen molar-refractivity contribution in [1.29, 1.82) is 0 Å². The van der Waals surface area contributed by atoms with Crippen molar-refractivity contribution < 1.29 is 14.3 Å². The van der Waals surface area contributed by atoms with Crippen molar-refractivity contribution in [3.8, 4) is 0 Å². The zero-order valence-corrected chi connectivity index (χ0v) is 16.7. The minimum Gasteiger partial charge on any atom is -0.375 e. The average Bonchev–Trinajstić information content (AvgIpc) is 2.62. The second-order valence-corrected chi connectivity index (χ2v) is 8.10. The van der Waals surface area contributed by atoms with Crippen LogP contribution in [0.1, 0.15) is 49.5 Å². The van der Waals surface area contributed by atoms with E-state index in [4.69, 9.17) is 4.74 Å². The van der Waals surface area contributed by atoms with Gasteiger partial charge in [-0.1, -0.05) is 12.1 Å². The monoisotopic (exact) mass is 373 g/mol. The molecule has 1 unspecified atom stereocenters. The Morgan fingerprint density at radius 3 is 2.70 bits per heavy atom. The lowest BCUT2D eigenvalue weighted by Gasteiger charge is -2.41. The van der Waals surface area contributed by atoms with Crippen LogP contribution in [0.5, 0.6) is 0 Å². The van der Waals surface area contributed by atoms with Crippen LogP contribution in [0, 0.1) is 0 Å². The molecule has 0 radical (unpaired) electrons. The maximum absolute atomic E-state index is 13.1. The van der Waals surface area contributed by atoms with Gasteiger partial charge < -0.3 is 15.0 Å². The van der Waals surface area contributed by atoms with Crippen LogP contribution in [-0.2, 0) is 16.1 Å². The number of hydrogen-bond acceptors (Lipinski definition) is 4. The van der Waals surface area contributed by atoms with Gasteiger partial charge in [0.1, 0.15) is 0 Å². The van der Waals surface area contributed by atoms with Gasteiger partial charge in [-0.05, 0) is 51.3 Å². The lowest BCUT2D eigenvalue weighted by molar-refractivity contribution is -0.124. The summed E-state index contributed by atoms with van der Waals surface area (Å²) >= 11 is 0. The predicted molar refractivity (Wildman–Crippen MR) is 104 cm³/mol. The molecule has 2 aliphatic rings. The zero-order chi connectivity index (χ0) is 19.4. The third-order valence-corrected chi connectivity index (χ3v) is 5.44. The molecule has 0 aliphatic carbocycles. The van der Waals surface area contributed by atoms with E-state index < -0.39 is 0 Å². The van der Waals surface area contributed by atoms with E-state index in [1.807, 2.05) is 36.1 Å². The summed E-state index contributed by atoms with van der Waals surface area (Å²) in [5.74, 6) is 0.162. The third-order valence-electron chi connectivity index (χ3n) is 5.44. The Bertz CT molecular complexity index is 672. The maximum atomic E-state index is 13.1. The molecule has 2 aliphatic heterocycles. The van der Waals surface area contributed by atoms with Crippen molar-refractivity contribution in [2.75, 3.05) is 32.8 Å². The highest BCUT2D eigenvalue weighted by Crippen LogP contribution is 2.28. The number of carbonyl (C=O) groups is 2. The molecule has 1 aromatic carbocycles. The summed E-state index contributed by atoms with van der Waals surface area (Å²) in [4.78, 5) is 28.7. The zero-order valence-electron chi connectivity index (χ0n) is 16.7. The summed E-state index contributed by atoms with van der Waals surface area (Å²) in [7, 11) is 0. The number of rotatable bonds is 5. The predicted octanol–water partition coefficient (Wildman–Crippen LogP) is 2.04. The molecular weight excluding hydrogens is 342 g/mol. The molecular formula is C21H31N3O3. The summed E-state index contributed by atoms with van der Waals surface area (Å²) in [6.45, 7) is 10.3. The molecule has 2 saturated heterocycles. The lowest BCUT2D eigenvalue weighted by atomic mass is 9.92. The first kappa shape index (κ1) is 19.8. The van der Waals surface area contributed by atoms with Crippen LogP contribution >= 0.6 is 0 Å². The SMILES string of the molecule is CCN(C(=O)c1ccc(CN2CCNC(=O)C2)cc1)C1CCOC(C)(C)C1. The largest absolute Gasteiger partial charge is 0.375 e. The van der Waals surface area contributed by atoms with Crippen LogP contribution in [0.25, 0.3) is 0 Å². The quantitative estimate of drug-likeness (QED) is 0.858. The topological polar surface area (TPSA) is 61.9 Å². The molecule has 2 fully saturated rings. The van der Waals surface area contributed by atoms with Crippen LogP contribution in [0.4, 0.5) is 0 Å². The molecule has 3 rings (SSSR count). The molecule has 6 nitrogen and oxygen atoms in total. The standard InChI is InChI=1S/C21H31N3O3/c1-4-24(18-9-12-27-21(2,3)13-18)20(26)17-7-5-16(6-8-17)14-23-11-10-22-19(25)15-23/h5-8,18H,4,9-15H2,1-3H3,(H,22,25). The first-order chi connectivity index (χ1) is 12.9. The van der Waals surface area contributed by atoms with E-state index in [2.05, 4.69) is 24.1 Å². The van der Waals surface area contributed by atoms with E-state index in [9.17, 15) is 9.59 Å². The number of hydrogen-bond donors (Lipinski definition) is 1. The van der Waals surface area contributed by atoms with Gasteiger partial charge in [-0.3, -0.25) is 14.5 Å².